The number of carbonyl (C=O) groups is 2. The third-order valence-corrected chi connectivity index (χ3v) is 4.94. The molecule has 0 radical (unpaired) electrons. The molecule has 6 heteroatoms. The van der Waals surface area contributed by atoms with Crippen LogP contribution in [0.1, 0.15) is 32.0 Å². The van der Waals surface area contributed by atoms with Gasteiger partial charge in [-0.3, -0.25) is 9.78 Å². The molecule has 0 N–H and O–H groups in total. The van der Waals surface area contributed by atoms with Crippen molar-refractivity contribution in [3.05, 3.63) is 76.7 Å². The number of aromatic nitrogens is 1. The second-order valence-electron chi connectivity index (χ2n) is 6.92. The van der Waals surface area contributed by atoms with Gasteiger partial charge < -0.3 is 9.64 Å². The van der Waals surface area contributed by atoms with Crippen molar-refractivity contribution < 1.29 is 18.7 Å². The Balaban J connectivity index is 1.64. The van der Waals surface area contributed by atoms with Crippen molar-refractivity contribution in [1.82, 2.24) is 9.88 Å². The van der Waals surface area contributed by atoms with Crippen LogP contribution >= 0.6 is 0 Å². The van der Waals surface area contributed by atoms with E-state index in [0.29, 0.717) is 17.7 Å². The third-order valence-electron chi connectivity index (χ3n) is 4.94. The van der Waals surface area contributed by atoms with E-state index in [1.165, 1.54) is 24.3 Å². The van der Waals surface area contributed by atoms with Gasteiger partial charge in [0.1, 0.15) is 5.82 Å². The molecule has 1 aliphatic rings. The molecule has 0 atom stereocenters. The second-order valence-corrected chi connectivity index (χ2v) is 6.92. The number of pyridine rings is 1. The summed E-state index contributed by atoms with van der Waals surface area (Å²) in [4.78, 5) is 32.1. The number of hydrogen-bond donors (Lipinski definition) is 0. The Morgan fingerprint density at radius 2 is 1.89 bits per heavy atom. The lowest BCUT2D eigenvalue weighted by Gasteiger charge is -2.26. The van der Waals surface area contributed by atoms with Gasteiger partial charge in [-0.2, -0.15) is 0 Å². The molecule has 28 heavy (non-hydrogen) atoms. The van der Waals surface area contributed by atoms with Crippen LogP contribution in [0.2, 0.25) is 0 Å². The van der Waals surface area contributed by atoms with Gasteiger partial charge in [0.15, 0.2) is 12.4 Å². The van der Waals surface area contributed by atoms with Gasteiger partial charge in [-0.15, -0.1) is 0 Å². The topological polar surface area (TPSA) is 59.5 Å². The highest BCUT2D eigenvalue weighted by Gasteiger charge is 2.25. The van der Waals surface area contributed by atoms with Crippen molar-refractivity contribution in [3.63, 3.8) is 0 Å². The van der Waals surface area contributed by atoms with Crippen molar-refractivity contribution in [1.29, 1.82) is 0 Å². The van der Waals surface area contributed by atoms with Gasteiger partial charge in [0.2, 0.25) is 0 Å². The first-order chi connectivity index (χ1) is 13.5. The summed E-state index contributed by atoms with van der Waals surface area (Å²) in [6.07, 6.45) is 0.755. The number of para-hydroxylation sites is 1. The van der Waals surface area contributed by atoms with Gasteiger partial charge in [-0.1, -0.05) is 18.2 Å². The van der Waals surface area contributed by atoms with E-state index in [2.05, 4.69) is 4.90 Å². The molecular formula is C22H19FN2O3. The summed E-state index contributed by atoms with van der Waals surface area (Å²) in [6, 6.07) is 12.6. The Morgan fingerprint density at radius 3 is 2.68 bits per heavy atom. The Bertz CT molecular complexity index is 1060. The Morgan fingerprint density at radius 1 is 1.14 bits per heavy atom. The molecule has 0 fully saturated rings. The van der Waals surface area contributed by atoms with E-state index < -0.39 is 18.4 Å². The molecule has 1 aromatic heterocycles. The quantitative estimate of drug-likeness (QED) is 0.514. The minimum absolute atomic E-state index is 0.301. The van der Waals surface area contributed by atoms with Crippen LogP contribution < -0.4 is 0 Å². The SMILES string of the molecule is CN1CCc2nc3ccccc3c(C(=O)OCC(=O)c3ccc(F)cc3)c2C1. The van der Waals surface area contributed by atoms with E-state index in [1.807, 2.05) is 31.3 Å². The maximum atomic E-state index is 13.0. The molecular weight excluding hydrogens is 359 g/mol. The van der Waals surface area contributed by atoms with Crippen molar-refractivity contribution in [2.45, 2.75) is 13.0 Å². The lowest BCUT2D eigenvalue weighted by Crippen LogP contribution is -2.29. The maximum Gasteiger partial charge on any atom is 0.339 e. The van der Waals surface area contributed by atoms with Crippen LogP contribution in [-0.2, 0) is 17.7 Å². The van der Waals surface area contributed by atoms with Crippen LogP contribution in [0.25, 0.3) is 10.9 Å². The smallest absolute Gasteiger partial charge is 0.339 e. The number of likely N-dealkylation sites (N-methyl/N-ethyl adjacent to an activating group) is 1. The predicted molar refractivity (Wildman–Crippen MR) is 103 cm³/mol. The van der Waals surface area contributed by atoms with Crippen LogP contribution in [-0.4, -0.2) is 41.8 Å². The van der Waals surface area contributed by atoms with Crippen LogP contribution in [0, 0.1) is 5.82 Å². The van der Waals surface area contributed by atoms with E-state index in [4.69, 9.17) is 9.72 Å². The molecule has 0 amide bonds. The number of rotatable bonds is 4. The molecule has 142 valence electrons. The van der Waals surface area contributed by atoms with Crippen LogP contribution in [0.4, 0.5) is 4.39 Å². The van der Waals surface area contributed by atoms with Crippen molar-refractivity contribution in [2.24, 2.45) is 0 Å². The minimum atomic E-state index is -0.541. The Labute approximate surface area is 161 Å². The Kier molecular flexibility index (Phi) is 4.88. The number of benzene rings is 2. The third kappa shape index (κ3) is 3.51. The predicted octanol–water partition coefficient (Wildman–Crippen LogP) is 3.40. The van der Waals surface area contributed by atoms with Crippen molar-refractivity contribution >= 4 is 22.7 Å². The fourth-order valence-electron chi connectivity index (χ4n) is 3.48. The van der Waals surface area contributed by atoms with Crippen LogP contribution in [0.5, 0.6) is 0 Å². The number of carbonyl (C=O) groups excluding carboxylic acids is 2. The first-order valence-corrected chi connectivity index (χ1v) is 9.08. The van der Waals surface area contributed by atoms with E-state index in [0.717, 1.165) is 35.1 Å². The molecule has 2 heterocycles. The van der Waals surface area contributed by atoms with Gasteiger partial charge in [-0.05, 0) is 37.4 Å². The van der Waals surface area contributed by atoms with Gasteiger partial charge in [-0.25, -0.2) is 9.18 Å². The van der Waals surface area contributed by atoms with Crippen LogP contribution in [0.15, 0.2) is 48.5 Å². The molecule has 0 spiro atoms. The number of ketones is 1. The second kappa shape index (κ2) is 7.48. The summed E-state index contributed by atoms with van der Waals surface area (Å²) in [5, 5.41) is 0.718. The average Bonchev–Trinajstić information content (AvgIpc) is 2.70. The monoisotopic (exact) mass is 378 g/mol. The van der Waals surface area contributed by atoms with Crippen molar-refractivity contribution in [3.8, 4) is 0 Å². The zero-order valence-corrected chi connectivity index (χ0v) is 15.4. The minimum Gasteiger partial charge on any atom is -0.454 e. The normalized spacial score (nSPS) is 13.9. The van der Waals surface area contributed by atoms with Crippen molar-refractivity contribution in [2.75, 3.05) is 20.2 Å². The highest BCUT2D eigenvalue weighted by molar-refractivity contribution is 6.06. The van der Waals surface area contributed by atoms with Gasteiger partial charge in [0, 0.05) is 41.7 Å². The summed E-state index contributed by atoms with van der Waals surface area (Å²) in [6.45, 7) is 1.07. The zero-order valence-electron chi connectivity index (χ0n) is 15.4. The summed E-state index contributed by atoms with van der Waals surface area (Å²) in [7, 11) is 1.99. The summed E-state index contributed by atoms with van der Waals surface area (Å²) in [5.74, 6) is -1.34. The number of nitrogens with zero attached hydrogens (tertiary/aromatic N) is 2. The Hall–Kier alpha value is -3.12. The maximum absolute atomic E-state index is 13.0. The zero-order chi connectivity index (χ0) is 19.7. The van der Waals surface area contributed by atoms with Gasteiger partial charge in [0.05, 0.1) is 11.1 Å². The number of Topliss-reactive ketones (excluding diaryl/α,β-unsaturated/α-hetero) is 1. The molecule has 2 aromatic carbocycles. The number of ether oxygens (including phenoxy) is 1. The highest BCUT2D eigenvalue weighted by Crippen LogP contribution is 2.28. The molecule has 0 unspecified atom stereocenters. The number of esters is 1. The molecule has 0 bridgehead atoms. The summed E-state index contributed by atoms with van der Waals surface area (Å²) in [5.41, 5.74) is 3.26. The average molecular weight is 378 g/mol. The summed E-state index contributed by atoms with van der Waals surface area (Å²) < 4.78 is 18.4. The lowest BCUT2D eigenvalue weighted by molar-refractivity contribution is 0.0474. The number of fused-ring (bicyclic) bond motifs is 2. The van der Waals surface area contributed by atoms with E-state index in [-0.39, 0.29) is 5.78 Å². The molecule has 1 aliphatic heterocycles. The molecule has 4 rings (SSSR count). The van der Waals surface area contributed by atoms with E-state index in [9.17, 15) is 14.0 Å². The van der Waals surface area contributed by atoms with E-state index in [1.54, 1.807) is 0 Å². The standard InChI is InChI=1S/C22H19FN2O3/c1-25-11-10-19-17(12-25)21(16-4-2-3-5-18(16)24-19)22(27)28-13-20(26)14-6-8-15(23)9-7-14/h2-9H,10-13H2,1H3. The number of halogens is 1. The molecule has 3 aromatic rings. The van der Waals surface area contributed by atoms with Gasteiger partial charge >= 0.3 is 5.97 Å². The highest BCUT2D eigenvalue weighted by atomic mass is 19.1. The van der Waals surface area contributed by atoms with Gasteiger partial charge in [0.25, 0.3) is 0 Å². The molecule has 0 aliphatic carbocycles. The summed E-state index contributed by atoms with van der Waals surface area (Å²) >= 11 is 0. The largest absolute Gasteiger partial charge is 0.454 e. The number of hydrogen-bond acceptors (Lipinski definition) is 5. The lowest BCUT2D eigenvalue weighted by atomic mass is 9.96. The molecule has 5 nitrogen and oxygen atoms in total. The molecule has 0 saturated carbocycles. The first kappa shape index (κ1) is 18.3. The molecule has 0 saturated heterocycles. The fraction of sp³-hybridized carbons (Fsp3) is 0.227. The first-order valence-electron chi connectivity index (χ1n) is 9.08. The van der Waals surface area contributed by atoms with E-state index >= 15 is 0 Å². The van der Waals surface area contributed by atoms with Crippen LogP contribution in [0.3, 0.4) is 0 Å². The fourth-order valence-corrected chi connectivity index (χ4v) is 3.48.